The molecule has 2 aliphatic rings. The quantitative estimate of drug-likeness (QED) is 0.726. The molecule has 0 aromatic heterocycles. The minimum Gasteiger partial charge on any atom is -0.379 e. The summed E-state index contributed by atoms with van der Waals surface area (Å²) in [5.74, 6) is 0.922. The average Bonchev–Trinajstić information content (AvgIpc) is 3.23. The first-order chi connectivity index (χ1) is 9.16. The molecular weight excluding hydrogens is 313 g/mol. The van der Waals surface area contributed by atoms with Gasteiger partial charge in [0, 0.05) is 25.2 Å². The monoisotopic (exact) mass is 341 g/mol. The molecule has 1 aliphatic heterocycles. The molecular formula is C14H29Cl2N3O2. The molecule has 0 aromatic carbocycles. The van der Waals surface area contributed by atoms with E-state index in [2.05, 4.69) is 29.4 Å². The van der Waals surface area contributed by atoms with Crippen molar-refractivity contribution in [2.75, 3.05) is 39.4 Å². The summed E-state index contributed by atoms with van der Waals surface area (Å²) in [7, 11) is 0. The molecule has 21 heavy (non-hydrogen) atoms. The lowest BCUT2D eigenvalue weighted by atomic mass is 10.1. The van der Waals surface area contributed by atoms with Crippen molar-refractivity contribution < 1.29 is 9.53 Å². The summed E-state index contributed by atoms with van der Waals surface area (Å²) in [6.45, 7) is 9.20. The fourth-order valence-electron chi connectivity index (χ4n) is 2.44. The van der Waals surface area contributed by atoms with E-state index in [4.69, 9.17) is 4.74 Å². The Labute approximate surface area is 140 Å². The molecule has 126 valence electrons. The highest BCUT2D eigenvalue weighted by molar-refractivity contribution is 5.85. The molecule has 2 atom stereocenters. The number of rotatable bonds is 7. The second kappa shape index (κ2) is 10.6. The molecule has 0 spiro atoms. The van der Waals surface area contributed by atoms with Gasteiger partial charge in [0.05, 0.1) is 19.8 Å². The molecule has 0 bridgehead atoms. The summed E-state index contributed by atoms with van der Waals surface area (Å²) >= 11 is 0. The Hall–Kier alpha value is -0.0700. The molecule has 2 rings (SSSR count). The molecule has 1 saturated carbocycles. The third kappa shape index (κ3) is 7.66. The first-order valence-corrected chi connectivity index (χ1v) is 7.48. The Morgan fingerprint density at radius 2 is 1.86 bits per heavy atom. The summed E-state index contributed by atoms with van der Waals surface area (Å²) in [6.07, 6.45) is 2.64. The largest absolute Gasteiger partial charge is 0.379 e. The number of halogens is 2. The van der Waals surface area contributed by atoms with Crippen LogP contribution >= 0.6 is 24.8 Å². The number of ether oxygens (including phenoxy) is 1. The van der Waals surface area contributed by atoms with Crippen LogP contribution < -0.4 is 10.6 Å². The number of nitrogens with one attached hydrogen (secondary N) is 2. The van der Waals surface area contributed by atoms with Gasteiger partial charge < -0.3 is 15.4 Å². The number of carbonyl (C=O) groups is 1. The van der Waals surface area contributed by atoms with Crippen LogP contribution in [-0.4, -0.2) is 62.3 Å². The third-order valence-electron chi connectivity index (χ3n) is 4.15. The van der Waals surface area contributed by atoms with Gasteiger partial charge in [0.1, 0.15) is 0 Å². The third-order valence-corrected chi connectivity index (χ3v) is 4.15. The van der Waals surface area contributed by atoms with Gasteiger partial charge in [-0.3, -0.25) is 9.69 Å². The molecule has 0 radical (unpaired) electrons. The zero-order chi connectivity index (χ0) is 13.7. The Morgan fingerprint density at radius 1 is 1.24 bits per heavy atom. The molecule has 0 aromatic rings. The molecule has 1 saturated heterocycles. The van der Waals surface area contributed by atoms with Crippen LogP contribution in [0.3, 0.4) is 0 Å². The fraction of sp³-hybridized carbons (Fsp3) is 0.929. The Kier molecular flexibility index (Phi) is 10.6. The van der Waals surface area contributed by atoms with Crippen LogP contribution in [0.4, 0.5) is 0 Å². The molecule has 7 heteroatoms. The smallest absolute Gasteiger partial charge is 0.234 e. The van der Waals surface area contributed by atoms with Gasteiger partial charge in [0.25, 0.3) is 0 Å². The van der Waals surface area contributed by atoms with Crippen LogP contribution in [0.15, 0.2) is 0 Å². The zero-order valence-corrected chi connectivity index (χ0v) is 14.6. The Balaban J connectivity index is 0.00000200. The maximum absolute atomic E-state index is 11.8. The molecule has 2 fully saturated rings. The number of morpholine rings is 1. The maximum Gasteiger partial charge on any atom is 0.234 e. The van der Waals surface area contributed by atoms with Crippen molar-refractivity contribution in [2.24, 2.45) is 5.92 Å². The van der Waals surface area contributed by atoms with Gasteiger partial charge in [-0.15, -0.1) is 24.8 Å². The van der Waals surface area contributed by atoms with E-state index in [0.29, 0.717) is 12.6 Å². The van der Waals surface area contributed by atoms with E-state index in [-0.39, 0.29) is 36.8 Å². The molecule has 1 aliphatic carbocycles. The Bertz CT molecular complexity index is 298. The minimum absolute atomic E-state index is 0. The zero-order valence-electron chi connectivity index (χ0n) is 13.0. The van der Waals surface area contributed by atoms with Crippen molar-refractivity contribution in [1.29, 1.82) is 0 Å². The number of carbonyl (C=O) groups excluding carboxylic acids is 1. The van der Waals surface area contributed by atoms with E-state index in [0.717, 1.165) is 38.8 Å². The lowest BCUT2D eigenvalue weighted by Crippen LogP contribution is -2.53. The van der Waals surface area contributed by atoms with Crippen molar-refractivity contribution in [3.8, 4) is 0 Å². The molecule has 1 heterocycles. The summed E-state index contributed by atoms with van der Waals surface area (Å²) in [4.78, 5) is 14.2. The van der Waals surface area contributed by atoms with E-state index in [1.807, 2.05) is 0 Å². The standard InChI is InChI=1S/C14H27N3O2.2ClH/c1-11(12(2)17-5-7-19-8-6-17)16-14(18)10-15-9-13-3-4-13;;/h11-13,15H,3-10H2,1-2H3,(H,16,18);2*1H. The highest BCUT2D eigenvalue weighted by atomic mass is 35.5. The van der Waals surface area contributed by atoms with Gasteiger partial charge in [-0.2, -0.15) is 0 Å². The molecule has 2 N–H and O–H groups in total. The van der Waals surface area contributed by atoms with Crippen molar-refractivity contribution >= 4 is 30.7 Å². The average molecular weight is 342 g/mol. The maximum atomic E-state index is 11.8. The first kappa shape index (κ1) is 20.9. The summed E-state index contributed by atoms with van der Waals surface area (Å²) in [6, 6.07) is 0.532. The van der Waals surface area contributed by atoms with Crippen LogP contribution in [0.1, 0.15) is 26.7 Å². The van der Waals surface area contributed by atoms with Gasteiger partial charge in [-0.05, 0) is 39.2 Å². The highest BCUT2D eigenvalue weighted by Crippen LogP contribution is 2.27. The number of nitrogens with zero attached hydrogens (tertiary/aromatic N) is 1. The molecule has 2 unspecified atom stereocenters. The van der Waals surface area contributed by atoms with Crippen LogP contribution in [-0.2, 0) is 9.53 Å². The summed E-state index contributed by atoms with van der Waals surface area (Å²) < 4.78 is 5.35. The lowest BCUT2D eigenvalue weighted by molar-refractivity contribution is -0.121. The predicted octanol–water partition coefficient (Wildman–Crippen LogP) is 1.05. The lowest BCUT2D eigenvalue weighted by Gasteiger charge is -2.35. The topological polar surface area (TPSA) is 53.6 Å². The van der Waals surface area contributed by atoms with E-state index in [1.54, 1.807) is 0 Å². The van der Waals surface area contributed by atoms with Gasteiger partial charge in [-0.25, -0.2) is 0 Å². The van der Waals surface area contributed by atoms with Crippen LogP contribution in [0.2, 0.25) is 0 Å². The molecule has 1 amide bonds. The van der Waals surface area contributed by atoms with Gasteiger partial charge in [-0.1, -0.05) is 0 Å². The van der Waals surface area contributed by atoms with Crippen molar-refractivity contribution in [3.63, 3.8) is 0 Å². The number of hydrogen-bond acceptors (Lipinski definition) is 4. The first-order valence-electron chi connectivity index (χ1n) is 7.48. The summed E-state index contributed by atoms with van der Waals surface area (Å²) in [5, 5.41) is 6.31. The number of hydrogen-bond donors (Lipinski definition) is 2. The fourth-order valence-corrected chi connectivity index (χ4v) is 2.44. The Morgan fingerprint density at radius 3 is 2.43 bits per heavy atom. The van der Waals surface area contributed by atoms with E-state index in [9.17, 15) is 4.79 Å². The van der Waals surface area contributed by atoms with Gasteiger partial charge >= 0.3 is 0 Å². The van der Waals surface area contributed by atoms with Crippen LogP contribution in [0, 0.1) is 5.92 Å². The van der Waals surface area contributed by atoms with E-state index < -0.39 is 0 Å². The van der Waals surface area contributed by atoms with Gasteiger partial charge in [0.2, 0.25) is 5.91 Å². The summed E-state index contributed by atoms with van der Waals surface area (Å²) in [5.41, 5.74) is 0. The van der Waals surface area contributed by atoms with Crippen LogP contribution in [0.25, 0.3) is 0 Å². The second-order valence-electron chi connectivity index (χ2n) is 5.82. The van der Waals surface area contributed by atoms with Crippen molar-refractivity contribution in [3.05, 3.63) is 0 Å². The van der Waals surface area contributed by atoms with Crippen LogP contribution in [0.5, 0.6) is 0 Å². The van der Waals surface area contributed by atoms with E-state index in [1.165, 1.54) is 12.8 Å². The number of amides is 1. The highest BCUT2D eigenvalue weighted by Gasteiger charge is 2.24. The SMILES string of the molecule is CC(NC(=O)CNCC1CC1)C(C)N1CCOCC1.Cl.Cl. The van der Waals surface area contributed by atoms with E-state index >= 15 is 0 Å². The molecule has 5 nitrogen and oxygen atoms in total. The van der Waals surface area contributed by atoms with Crippen molar-refractivity contribution in [1.82, 2.24) is 15.5 Å². The van der Waals surface area contributed by atoms with Gasteiger partial charge in [0.15, 0.2) is 0 Å². The minimum atomic E-state index is 0. The normalized spacial score (nSPS) is 21.6. The van der Waals surface area contributed by atoms with Crippen molar-refractivity contribution in [2.45, 2.75) is 38.8 Å². The second-order valence-corrected chi connectivity index (χ2v) is 5.82. The predicted molar refractivity (Wildman–Crippen MR) is 89.5 cm³/mol.